The lowest BCUT2D eigenvalue weighted by molar-refractivity contribution is -0.142. The molecule has 2 rings (SSSR count). The van der Waals surface area contributed by atoms with Crippen molar-refractivity contribution in [1.29, 1.82) is 0 Å². The van der Waals surface area contributed by atoms with Crippen LogP contribution >= 0.6 is 15.9 Å². The van der Waals surface area contributed by atoms with E-state index in [2.05, 4.69) is 39.0 Å². The summed E-state index contributed by atoms with van der Waals surface area (Å²) in [5.74, 6) is -1.01. The Labute approximate surface area is 116 Å². The van der Waals surface area contributed by atoms with Crippen LogP contribution in [0.5, 0.6) is 0 Å². The lowest BCUT2D eigenvalue weighted by Crippen LogP contribution is -2.45. The molecule has 0 saturated carbocycles. The van der Waals surface area contributed by atoms with Crippen LogP contribution in [0.3, 0.4) is 0 Å². The van der Waals surface area contributed by atoms with E-state index >= 15 is 0 Å². The third kappa shape index (κ3) is 2.14. The molecule has 1 aliphatic heterocycles. The highest BCUT2D eigenvalue weighted by atomic mass is 79.9. The molecule has 3 nitrogen and oxygen atoms in total. The number of hydrogen-bond acceptors (Lipinski definition) is 2. The molecule has 1 saturated heterocycles. The summed E-state index contributed by atoms with van der Waals surface area (Å²) >= 11 is 3.53. The van der Waals surface area contributed by atoms with Crippen LogP contribution in [0.25, 0.3) is 0 Å². The number of hydrogen-bond donors (Lipinski definition) is 1. The van der Waals surface area contributed by atoms with Crippen molar-refractivity contribution in [1.82, 2.24) is 0 Å². The van der Waals surface area contributed by atoms with Crippen molar-refractivity contribution in [2.45, 2.75) is 32.7 Å². The van der Waals surface area contributed by atoms with E-state index in [9.17, 15) is 9.90 Å². The van der Waals surface area contributed by atoms with Crippen LogP contribution < -0.4 is 4.90 Å². The van der Waals surface area contributed by atoms with Gasteiger partial charge in [0.15, 0.2) is 0 Å². The number of carbonyl (C=O) groups is 1. The Balaban J connectivity index is 2.34. The van der Waals surface area contributed by atoms with Gasteiger partial charge in [0, 0.05) is 22.2 Å². The van der Waals surface area contributed by atoms with Gasteiger partial charge in [0.1, 0.15) is 0 Å². The summed E-state index contributed by atoms with van der Waals surface area (Å²) in [5, 5.41) is 9.28. The van der Waals surface area contributed by atoms with E-state index in [1.165, 1.54) is 5.56 Å². The van der Waals surface area contributed by atoms with Crippen molar-refractivity contribution >= 4 is 27.6 Å². The molecule has 1 aromatic rings. The molecule has 1 unspecified atom stereocenters. The Morgan fingerprint density at radius 2 is 2.17 bits per heavy atom. The fourth-order valence-electron chi connectivity index (χ4n) is 2.72. The third-order valence-corrected chi connectivity index (χ3v) is 4.81. The first-order chi connectivity index (χ1) is 8.34. The molecule has 1 N–H and O–H groups in total. The number of nitrogens with zero attached hydrogens (tertiary/aromatic N) is 1. The smallest absolute Gasteiger partial charge is 0.308 e. The van der Waals surface area contributed by atoms with Gasteiger partial charge in [-0.1, -0.05) is 22.0 Å². The van der Waals surface area contributed by atoms with Gasteiger partial charge in [-0.25, -0.2) is 0 Å². The summed E-state index contributed by atoms with van der Waals surface area (Å²) < 4.78 is 1.06. The highest BCUT2D eigenvalue weighted by Crippen LogP contribution is 2.39. The molecular weight excluding hydrogens is 294 g/mol. The Kier molecular flexibility index (Phi) is 3.41. The second-order valence-corrected chi connectivity index (χ2v) is 6.27. The number of carboxylic acids is 1. The van der Waals surface area contributed by atoms with Gasteiger partial charge < -0.3 is 10.0 Å². The van der Waals surface area contributed by atoms with Gasteiger partial charge in [-0.15, -0.1) is 0 Å². The third-order valence-electron chi connectivity index (χ3n) is 3.95. The number of benzene rings is 1. The molecule has 0 aromatic heterocycles. The highest BCUT2D eigenvalue weighted by molar-refractivity contribution is 9.10. The normalized spacial score (nSPS) is 22.2. The number of halogens is 1. The molecule has 0 spiro atoms. The van der Waals surface area contributed by atoms with Crippen molar-refractivity contribution < 1.29 is 9.90 Å². The van der Waals surface area contributed by atoms with E-state index in [1.807, 2.05) is 20.8 Å². The molecule has 1 atom stereocenters. The van der Waals surface area contributed by atoms with Gasteiger partial charge in [0.05, 0.1) is 5.92 Å². The minimum Gasteiger partial charge on any atom is -0.481 e. The Bertz CT molecular complexity index is 485. The molecule has 0 amide bonds. The molecule has 1 aliphatic rings. The Morgan fingerprint density at radius 1 is 1.50 bits per heavy atom. The predicted octanol–water partition coefficient (Wildman–Crippen LogP) is 3.45. The summed E-state index contributed by atoms with van der Waals surface area (Å²) in [7, 11) is 0. The van der Waals surface area contributed by atoms with Crippen LogP contribution in [0.2, 0.25) is 0 Å². The van der Waals surface area contributed by atoms with Crippen molar-refractivity contribution in [3.63, 3.8) is 0 Å². The number of aryl methyl sites for hydroxylation is 1. The monoisotopic (exact) mass is 311 g/mol. The van der Waals surface area contributed by atoms with E-state index in [0.29, 0.717) is 6.42 Å². The zero-order valence-electron chi connectivity index (χ0n) is 10.9. The van der Waals surface area contributed by atoms with Gasteiger partial charge in [-0.3, -0.25) is 4.79 Å². The summed E-state index contributed by atoms with van der Waals surface area (Å²) in [4.78, 5) is 13.5. The summed E-state index contributed by atoms with van der Waals surface area (Å²) in [6, 6.07) is 6.19. The summed E-state index contributed by atoms with van der Waals surface area (Å²) in [6.45, 7) is 6.85. The van der Waals surface area contributed by atoms with Crippen LogP contribution in [0.1, 0.15) is 25.8 Å². The first-order valence-electron chi connectivity index (χ1n) is 6.10. The number of aliphatic carboxylic acids is 1. The fraction of sp³-hybridized carbons (Fsp3) is 0.500. The van der Waals surface area contributed by atoms with Crippen molar-refractivity contribution in [2.75, 3.05) is 11.4 Å². The minimum absolute atomic E-state index is 0.308. The standard InChI is InChI=1S/C14H18BrNO2/c1-9-4-5-10(8-12(9)15)16-7-6-11(13(17)18)14(16,2)3/h4-5,8,11H,6-7H2,1-3H3,(H,17,18). The van der Waals surface area contributed by atoms with Crippen LogP contribution in [0.15, 0.2) is 22.7 Å². The fourth-order valence-corrected chi connectivity index (χ4v) is 3.09. The molecule has 1 fully saturated rings. The number of rotatable bonds is 2. The first-order valence-corrected chi connectivity index (χ1v) is 6.90. The van der Waals surface area contributed by atoms with Crippen LogP contribution in [0, 0.1) is 12.8 Å². The average Bonchev–Trinajstić information content (AvgIpc) is 2.58. The lowest BCUT2D eigenvalue weighted by atomic mass is 9.88. The topological polar surface area (TPSA) is 40.5 Å². The number of carboxylic acid groups (broad SMARTS) is 1. The molecule has 4 heteroatoms. The quantitative estimate of drug-likeness (QED) is 0.909. The van der Waals surface area contributed by atoms with Crippen molar-refractivity contribution in [2.24, 2.45) is 5.92 Å². The van der Waals surface area contributed by atoms with Gasteiger partial charge in [0.2, 0.25) is 0 Å². The Morgan fingerprint density at radius 3 is 2.67 bits per heavy atom. The number of anilines is 1. The Hall–Kier alpha value is -1.03. The molecule has 0 aliphatic carbocycles. The predicted molar refractivity (Wildman–Crippen MR) is 76.0 cm³/mol. The lowest BCUT2D eigenvalue weighted by Gasteiger charge is -2.36. The maximum absolute atomic E-state index is 11.3. The van der Waals surface area contributed by atoms with Gasteiger partial charge in [-0.2, -0.15) is 0 Å². The molecule has 0 radical (unpaired) electrons. The maximum Gasteiger partial charge on any atom is 0.308 e. The molecule has 18 heavy (non-hydrogen) atoms. The van der Waals surface area contributed by atoms with E-state index in [-0.39, 0.29) is 11.5 Å². The van der Waals surface area contributed by atoms with Gasteiger partial charge >= 0.3 is 5.97 Å². The average molecular weight is 312 g/mol. The SMILES string of the molecule is Cc1ccc(N2CCC(C(=O)O)C2(C)C)cc1Br. The van der Waals surface area contributed by atoms with E-state index < -0.39 is 5.97 Å². The van der Waals surface area contributed by atoms with Crippen molar-refractivity contribution in [3.05, 3.63) is 28.2 Å². The second-order valence-electron chi connectivity index (χ2n) is 5.42. The minimum atomic E-state index is -0.700. The first kappa shape index (κ1) is 13.4. The van der Waals surface area contributed by atoms with Crippen LogP contribution in [0.4, 0.5) is 5.69 Å². The molecule has 98 valence electrons. The molecular formula is C14H18BrNO2. The summed E-state index contributed by atoms with van der Waals surface area (Å²) in [6.07, 6.45) is 0.702. The zero-order chi connectivity index (χ0) is 13.5. The molecule has 1 aromatic carbocycles. The van der Waals surface area contributed by atoms with Crippen LogP contribution in [-0.4, -0.2) is 23.2 Å². The van der Waals surface area contributed by atoms with E-state index in [0.717, 1.165) is 16.7 Å². The van der Waals surface area contributed by atoms with Gasteiger partial charge in [-0.05, 0) is 44.9 Å². The van der Waals surface area contributed by atoms with Crippen LogP contribution in [-0.2, 0) is 4.79 Å². The maximum atomic E-state index is 11.3. The van der Waals surface area contributed by atoms with Crippen molar-refractivity contribution in [3.8, 4) is 0 Å². The van der Waals surface area contributed by atoms with Gasteiger partial charge in [0.25, 0.3) is 0 Å². The van der Waals surface area contributed by atoms with E-state index in [1.54, 1.807) is 0 Å². The molecule has 0 bridgehead atoms. The largest absolute Gasteiger partial charge is 0.481 e. The molecule has 1 heterocycles. The second kappa shape index (κ2) is 4.57. The summed E-state index contributed by atoms with van der Waals surface area (Å²) in [5.41, 5.74) is 1.92. The van der Waals surface area contributed by atoms with E-state index in [4.69, 9.17) is 0 Å². The zero-order valence-corrected chi connectivity index (χ0v) is 12.5. The highest BCUT2D eigenvalue weighted by Gasteiger charge is 2.45.